The van der Waals surface area contributed by atoms with Gasteiger partial charge in [0, 0.05) is 24.9 Å². The highest BCUT2D eigenvalue weighted by Crippen LogP contribution is 2.81. The number of carbonyl (C=O) groups is 1. The molecule has 2 N–H and O–H groups in total. The summed E-state index contributed by atoms with van der Waals surface area (Å²) in [5, 5.41) is 15.7. The van der Waals surface area contributed by atoms with Gasteiger partial charge >= 0.3 is 5.97 Å². The molecule has 5 nitrogen and oxygen atoms in total. The molecule has 13 atom stereocenters. The average Bonchev–Trinajstić information content (AvgIpc) is 3.44. The van der Waals surface area contributed by atoms with Crippen molar-refractivity contribution in [2.45, 2.75) is 142 Å². The van der Waals surface area contributed by atoms with Crippen molar-refractivity contribution in [1.82, 2.24) is 5.32 Å². The van der Waals surface area contributed by atoms with Gasteiger partial charge in [0.05, 0.1) is 11.0 Å². The van der Waals surface area contributed by atoms with Gasteiger partial charge in [-0.2, -0.15) is 0 Å². The molecule has 3 saturated heterocycles. The van der Waals surface area contributed by atoms with Gasteiger partial charge in [-0.1, -0.05) is 34.1 Å². The number of hydrogen-bond donors (Lipinski definition) is 2. The predicted molar refractivity (Wildman–Crippen MR) is 142 cm³/mol. The number of fused-ring (bicyclic) bond motifs is 2. The molecule has 1 spiro atoms. The number of nitrogens with one attached hydrogen (secondary N) is 1. The zero-order valence-corrected chi connectivity index (χ0v) is 24.1. The van der Waals surface area contributed by atoms with Gasteiger partial charge in [-0.05, 0) is 111 Å². The summed E-state index contributed by atoms with van der Waals surface area (Å²) >= 11 is 0. The van der Waals surface area contributed by atoms with Crippen LogP contribution in [0, 0.1) is 51.2 Å². The molecule has 37 heavy (non-hydrogen) atoms. The van der Waals surface area contributed by atoms with Crippen LogP contribution in [0.3, 0.4) is 0 Å². The van der Waals surface area contributed by atoms with E-state index in [0.717, 1.165) is 43.1 Å². The van der Waals surface area contributed by atoms with Crippen molar-refractivity contribution in [2.75, 3.05) is 0 Å². The van der Waals surface area contributed by atoms with Gasteiger partial charge in [0.15, 0.2) is 6.29 Å². The number of aliphatic hydroxyl groups excluding tert-OH is 1. The Balaban J connectivity index is 1.30. The van der Waals surface area contributed by atoms with Crippen LogP contribution in [0.4, 0.5) is 0 Å². The van der Waals surface area contributed by atoms with Gasteiger partial charge in [-0.15, -0.1) is 0 Å². The Morgan fingerprint density at radius 2 is 1.84 bits per heavy atom. The molecular weight excluding hydrogens is 462 g/mol. The van der Waals surface area contributed by atoms with Crippen molar-refractivity contribution in [3.63, 3.8) is 0 Å². The maximum absolute atomic E-state index is 12.1. The highest BCUT2D eigenvalue weighted by atomic mass is 16.6. The number of rotatable bonds is 5. The summed E-state index contributed by atoms with van der Waals surface area (Å²) < 4.78 is 12.3. The minimum atomic E-state index is -0.875. The van der Waals surface area contributed by atoms with Gasteiger partial charge in [-0.25, -0.2) is 0 Å². The van der Waals surface area contributed by atoms with Crippen LogP contribution in [0.5, 0.6) is 0 Å². The highest BCUT2D eigenvalue weighted by Gasteiger charge is 2.80. The molecule has 8 bridgehead atoms. The average molecular weight is 514 g/mol. The largest absolute Gasteiger partial charge is 0.462 e. The molecule has 208 valence electrons. The molecule has 0 radical (unpaired) electrons. The Kier molecular flexibility index (Phi) is 5.31. The van der Waals surface area contributed by atoms with Crippen LogP contribution in [-0.4, -0.2) is 41.2 Å². The summed E-state index contributed by atoms with van der Waals surface area (Å²) in [6, 6.07) is 1.34. The molecule has 3 heterocycles. The summed E-state index contributed by atoms with van der Waals surface area (Å²) in [6.07, 6.45) is 12.6. The van der Waals surface area contributed by atoms with Crippen molar-refractivity contribution >= 4 is 5.97 Å². The van der Waals surface area contributed by atoms with Crippen LogP contribution in [0.2, 0.25) is 0 Å². The van der Waals surface area contributed by atoms with Crippen LogP contribution in [0.25, 0.3) is 0 Å². The van der Waals surface area contributed by atoms with Crippen molar-refractivity contribution in [3.8, 4) is 0 Å². The lowest BCUT2D eigenvalue weighted by atomic mass is 9.33. The number of carbonyl (C=O) groups excluding carboxylic acids is 1. The van der Waals surface area contributed by atoms with Gasteiger partial charge in [-0.3, -0.25) is 4.79 Å². The quantitative estimate of drug-likeness (QED) is 0.453. The lowest BCUT2D eigenvalue weighted by Crippen LogP contribution is -2.80. The fraction of sp³-hybridized carbons (Fsp3) is 0.969. The SMILES string of the molecule is CC(=O)O[C@@H]1CC[C@@]2(C)O[C@H](O)[C@@]1(C)[C@@H]2CC[C@]12[C@@H]3CCC[C@@]34CC[C@@H]3[C@@H]4N[C@H]1[C@H](C(C)C)CC[C@]32C. The van der Waals surface area contributed by atoms with E-state index in [9.17, 15) is 9.90 Å². The van der Waals surface area contributed by atoms with E-state index in [-0.39, 0.29) is 23.6 Å². The van der Waals surface area contributed by atoms with Crippen molar-refractivity contribution in [2.24, 2.45) is 51.2 Å². The van der Waals surface area contributed by atoms with E-state index in [4.69, 9.17) is 9.47 Å². The third-order valence-corrected chi connectivity index (χ3v) is 14.6. The van der Waals surface area contributed by atoms with Crippen LogP contribution < -0.4 is 5.32 Å². The molecule has 0 amide bonds. The molecule has 8 fully saturated rings. The summed E-state index contributed by atoms with van der Waals surface area (Å²) in [4.78, 5) is 12.1. The zero-order valence-electron chi connectivity index (χ0n) is 24.1. The van der Waals surface area contributed by atoms with Gasteiger partial charge in [0.1, 0.15) is 6.10 Å². The van der Waals surface area contributed by atoms with E-state index in [1.54, 1.807) is 0 Å². The van der Waals surface area contributed by atoms with Crippen molar-refractivity contribution in [3.05, 3.63) is 0 Å². The predicted octanol–water partition coefficient (Wildman–Crippen LogP) is 5.83. The zero-order chi connectivity index (χ0) is 26.2. The second-order valence-electron chi connectivity index (χ2n) is 15.7. The first-order chi connectivity index (χ1) is 17.4. The van der Waals surface area contributed by atoms with Crippen LogP contribution in [0.15, 0.2) is 0 Å². The molecule has 0 aromatic carbocycles. The fourth-order valence-corrected chi connectivity index (χ4v) is 13.2. The summed E-state index contributed by atoms with van der Waals surface area (Å²) in [5.74, 6) is 3.05. The van der Waals surface area contributed by atoms with E-state index in [0.29, 0.717) is 28.2 Å². The smallest absolute Gasteiger partial charge is 0.302 e. The maximum Gasteiger partial charge on any atom is 0.302 e. The lowest BCUT2D eigenvalue weighted by Gasteiger charge is -2.76. The van der Waals surface area contributed by atoms with Gasteiger partial charge < -0.3 is 19.9 Å². The number of ether oxygens (including phenoxy) is 2. The number of piperidine rings is 2. The summed E-state index contributed by atoms with van der Waals surface area (Å²) in [7, 11) is 0. The molecule has 0 aromatic rings. The molecule has 8 rings (SSSR count). The normalized spacial score (nSPS) is 59.1. The fourth-order valence-electron chi connectivity index (χ4n) is 13.2. The molecule has 5 saturated carbocycles. The van der Waals surface area contributed by atoms with Crippen molar-refractivity contribution in [1.29, 1.82) is 0 Å². The van der Waals surface area contributed by atoms with E-state index in [1.807, 2.05) is 0 Å². The first-order valence-electron chi connectivity index (χ1n) is 15.7. The molecular formula is C32H51NO4. The minimum absolute atomic E-state index is 0.193. The monoisotopic (exact) mass is 513 g/mol. The Labute approximate surface area is 224 Å². The van der Waals surface area contributed by atoms with E-state index in [2.05, 4.69) is 39.9 Å². The third kappa shape index (κ3) is 2.81. The molecule has 0 aromatic heterocycles. The number of aliphatic hydroxyl groups is 1. The lowest BCUT2D eigenvalue weighted by molar-refractivity contribution is -0.249. The molecule has 8 aliphatic rings. The number of hydrogen-bond acceptors (Lipinski definition) is 5. The van der Waals surface area contributed by atoms with Crippen molar-refractivity contribution < 1.29 is 19.4 Å². The first kappa shape index (κ1) is 25.3. The molecule has 5 aliphatic carbocycles. The van der Waals surface area contributed by atoms with E-state index >= 15 is 0 Å². The Morgan fingerprint density at radius 1 is 1.05 bits per heavy atom. The Hall–Kier alpha value is -0.650. The van der Waals surface area contributed by atoms with E-state index < -0.39 is 11.7 Å². The second-order valence-corrected chi connectivity index (χ2v) is 15.7. The van der Waals surface area contributed by atoms with Crippen LogP contribution >= 0.6 is 0 Å². The molecule has 5 heteroatoms. The third-order valence-electron chi connectivity index (χ3n) is 14.6. The van der Waals surface area contributed by atoms with Gasteiger partial charge in [0.25, 0.3) is 0 Å². The maximum atomic E-state index is 12.1. The summed E-state index contributed by atoms with van der Waals surface area (Å²) in [5.41, 5.74) is 0.348. The molecule has 3 aliphatic heterocycles. The van der Waals surface area contributed by atoms with Crippen LogP contribution in [-0.2, 0) is 14.3 Å². The van der Waals surface area contributed by atoms with E-state index in [1.165, 1.54) is 58.3 Å². The van der Waals surface area contributed by atoms with Crippen LogP contribution in [0.1, 0.15) is 112 Å². The topological polar surface area (TPSA) is 67.8 Å². The Bertz CT molecular complexity index is 984. The molecule has 0 unspecified atom stereocenters. The highest BCUT2D eigenvalue weighted by molar-refractivity contribution is 5.66. The Morgan fingerprint density at radius 3 is 2.57 bits per heavy atom. The summed E-state index contributed by atoms with van der Waals surface area (Å²) in [6.45, 7) is 13.5. The second kappa shape index (κ2) is 7.75. The minimum Gasteiger partial charge on any atom is -0.462 e. The number of esters is 1. The first-order valence-corrected chi connectivity index (χ1v) is 15.7. The standard InChI is InChI=1S/C32H51NO4/c1-18(2)20-9-14-28(4)21-10-16-31-13-7-8-23(31)32(28,25(20)33-26(21)31)17-11-22-29(5)15-12-24(36-19(3)34)30(22,6)27(35)37-29/h18,20-27,33,35H,7-17H2,1-6H3/t20-,21+,22+,23+,24+,25-,26-,27-,28+,29+,30-,31+,32-/m0/s1. The van der Waals surface area contributed by atoms with Gasteiger partial charge in [0.2, 0.25) is 0 Å².